The van der Waals surface area contributed by atoms with Crippen LogP contribution in [0, 0.1) is 25.7 Å². The van der Waals surface area contributed by atoms with Gasteiger partial charge in [-0.1, -0.05) is 11.8 Å². The van der Waals surface area contributed by atoms with Crippen molar-refractivity contribution >= 4 is 12.6 Å². The molecule has 0 bridgehead atoms. The van der Waals surface area contributed by atoms with Crippen LogP contribution in [0.4, 0.5) is 0 Å². The fourth-order valence-corrected chi connectivity index (χ4v) is 1.13. The van der Waals surface area contributed by atoms with E-state index < -0.39 is 0 Å². The lowest BCUT2D eigenvalue weighted by molar-refractivity contribution is 1.12. The van der Waals surface area contributed by atoms with Crippen LogP contribution in [-0.4, -0.2) is 10.7 Å². The number of hydrogen-bond acceptors (Lipinski definition) is 2. The smallest absolute Gasteiger partial charge is 0.0521 e. The van der Waals surface area contributed by atoms with Gasteiger partial charge < -0.3 is 0 Å². The number of thiol groups is 1. The molecule has 0 aromatic carbocycles. The second-order valence-corrected chi connectivity index (χ2v) is 2.91. The number of hydrogen-bond donors (Lipinski definition) is 1. The van der Waals surface area contributed by atoms with Crippen LogP contribution < -0.4 is 0 Å². The minimum absolute atomic E-state index is 0.598. The van der Waals surface area contributed by atoms with Crippen molar-refractivity contribution in [3.05, 3.63) is 29.1 Å². The molecule has 1 aromatic heterocycles. The van der Waals surface area contributed by atoms with E-state index in [1.165, 1.54) is 0 Å². The molecule has 0 saturated heterocycles. The van der Waals surface area contributed by atoms with E-state index in [2.05, 4.69) is 29.5 Å². The van der Waals surface area contributed by atoms with Crippen LogP contribution in [0.1, 0.15) is 17.0 Å². The van der Waals surface area contributed by atoms with Gasteiger partial charge in [0.1, 0.15) is 0 Å². The Bertz CT molecular complexity index is 313. The van der Waals surface area contributed by atoms with E-state index in [0.29, 0.717) is 5.75 Å². The van der Waals surface area contributed by atoms with Gasteiger partial charge in [-0.3, -0.25) is 4.98 Å². The predicted molar refractivity (Wildman–Crippen MR) is 54.4 cm³/mol. The molecule has 0 saturated carbocycles. The van der Waals surface area contributed by atoms with Gasteiger partial charge >= 0.3 is 0 Å². The first-order valence-corrected chi connectivity index (χ1v) is 4.40. The summed E-state index contributed by atoms with van der Waals surface area (Å²) in [7, 11) is 0. The first-order chi connectivity index (χ1) is 5.72. The SMILES string of the molecule is Cc1cc(C#CCS)cc(C)n1. The highest BCUT2D eigenvalue weighted by atomic mass is 32.1. The highest BCUT2D eigenvalue weighted by Gasteiger charge is 1.92. The molecule has 0 aliphatic heterocycles. The molecule has 62 valence electrons. The van der Waals surface area contributed by atoms with Crippen molar-refractivity contribution in [1.29, 1.82) is 0 Å². The molecule has 0 radical (unpaired) electrons. The van der Waals surface area contributed by atoms with Crippen LogP contribution in [0.5, 0.6) is 0 Å². The third-order valence-electron chi connectivity index (χ3n) is 1.39. The molecule has 0 spiro atoms. The van der Waals surface area contributed by atoms with Gasteiger partial charge in [0.15, 0.2) is 0 Å². The van der Waals surface area contributed by atoms with Gasteiger partial charge in [-0.2, -0.15) is 12.6 Å². The van der Waals surface area contributed by atoms with E-state index in [1.54, 1.807) is 0 Å². The fraction of sp³-hybridized carbons (Fsp3) is 0.300. The van der Waals surface area contributed by atoms with Crippen molar-refractivity contribution in [2.75, 3.05) is 5.75 Å². The summed E-state index contributed by atoms with van der Waals surface area (Å²) in [4.78, 5) is 4.26. The summed E-state index contributed by atoms with van der Waals surface area (Å²) in [5.74, 6) is 6.51. The number of aryl methyl sites for hydroxylation is 2. The van der Waals surface area contributed by atoms with Crippen LogP contribution in [0.3, 0.4) is 0 Å². The molecule has 1 heterocycles. The summed E-state index contributed by atoms with van der Waals surface area (Å²) in [6, 6.07) is 3.95. The van der Waals surface area contributed by atoms with Gasteiger partial charge in [0.05, 0.1) is 5.75 Å². The van der Waals surface area contributed by atoms with Crippen LogP contribution in [0.2, 0.25) is 0 Å². The van der Waals surface area contributed by atoms with E-state index in [9.17, 15) is 0 Å². The van der Waals surface area contributed by atoms with Gasteiger partial charge in [0.25, 0.3) is 0 Å². The van der Waals surface area contributed by atoms with E-state index in [0.717, 1.165) is 17.0 Å². The van der Waals surface area contributed by atoms with E-state index in [-0.39, 0.29) is 0 Å². The lowest BCUT2D eigenvalue weighted by Gasteiger charge is -1.96. The van der Waals surface area contributed by atoms with Crippen LogP contribution >= 0.6 is 12.6 Å². The Hall–Kier alpha value is -0.940. The molecule has 0 aliphatic carbocycles. The van der Waals surface area contributed by atoms with Gasteiger partial charge in [-0.25, -0.2) is 0 Å². The van der Waals surface area contributed by atoms with Gasteiger partial charge in [0.2, 0.25) is 0 Å². The summed E-state index contributed by atoms with van der Waals surface area (Å²) in [6.07, 6.45) is 0. The monoisotopic (exact) mass is 177 g/mol. The summed E-state index contributed by atoms with van der Waals surface area (Å²) in [6.45, 7) is 3.94. The minimum atomic E-state index is 0.598. The summed E-state index contributed by atoms with van der Waals surface area (Å²) >= 11 is 4.01. The van der Waals surface area contributed by atoms with Crippen molar-refractivity contribution in [3.8, 4) is 11.8 Å². The summed E-state index contributed by atoms with van der Waals surface area (Å²) < 4.78 is 0. The molecule has 0 atom stereocenters. The van der Waals surface area contributed by atoms with E-state index in [1.807, 2.05) is 26.0 Å². The van der Waals surface area contributed by atoms with Crippen LogP contribution in [0.25, 0.3) is 0 Å². The van der Waals surface area contributed by atoms with Crippen molar-refractivity contribution in [2.24, 2.45) is 0 Å². The minimum Gasteiger partial charge on any atom is -0.258 e. The largest absolute Gasteiger partial charge is 0.258 e. The zero-order chi connectivity index (χ0) is 8.97. The molecule has 0 N–H and O–H groups in total. The highest BCUT2D eigenvalue weighted by molar-refractivity contribution is 7.80. The van der Waals surface area contributed by atoms with Crippen LogP contribution in [-0.2, 0) is 0 Å². The Morgan fingerprint density at radius 3 is 2.42 bits per heavy atom. The third kappa shape index (κ3) is 2.60. The molecular formula is C10H11NS. The Balaban J connectivity index is 3.01. The molecule has 0 fully saturated rings. The average Bonchev–Trinajstić information content (AvgIpc) is 1.99. The van der Waals surface area contributed by atoms with Crippen molar-refractivity contribution in [3.63, 3.8) is 0 Å². The van der Waals surface area contributed by atoms with Crippen molar-refractivity contribution in [1.82, 2.24) is 4.98 Å². The summed E-state index contributed by atoms with van der Waals surface area (Å²) in [5.41, 5.74) is 3.05. The molecule has 1 aromatic rings. The maximum atomic E-state index is 4.26. The number of nitrogens with zero attached hydrogens (tertiary/aromatic N) is 1. The van der Waals surface area contributed by atoms with Gasteiger partial charge in [-0.15, -0.1) is 0 Å². The molecule has 0 amide bonds. The quantitative estimate of drug-likeness (QED) is 0.472. The molecule has 2 heteroatoms. The number of rotatable bonds is 0. The molecule has 12 heavy (non-hydrogen) atoms. The van der Waals surface area contributed by atoms with Gasteiger partial charge in [-0.05, 0) is 26.0 Å². The molecule has 0 aliphatic rings. The third-order valence-corrected chi connectivity index (χ3v) is 1.55. The fourth-order valence-electron chi connectivity index (χ4n) is 1.05. The van der Waals surface area contributed by atoms with Gasteiger partial charge in [0, 0.05) is 17.0 Å². The molecule has 1 rings (SSSR count). The molecule has 1 nitrogen and oxygen atoms in total. The zero-order valence-corrected chi connectivity index (χ0v) is 8.15. The van der Waals surface area contributed by atoms with E-state index in [4.69, 9.17) is 0 Å². The second kappa shape index (κ2) is 4.18. The Kier molecular flexibility index (Phi) is 3.19. The first kappa shape index (κ1) is 9.15. The standard InChI is InChI=1S/C10H11NS/c1-8-6-10(4-3-5-12)7-9(2)11-8/h6-7,12H,5H2,1-2H3. The Labute approximate surface area is 78.6 Å². The Morgan fingerprint density at radius 1 is 1.33 bits per heavy atom. The average molecular weight is 177 g/mol. The lowest BCUT2D eigenvalue weighted by atomic mass is 10.2. The highest BCUT2D eigenvalue weighted by Crippen LogP contribution is 2.02. The zero-order valence-electron chi connectivity index (χ0n) is 7.26. The van der Waals surface area contributed by atoms with Crippen molar-refractivity contribution < 1.29 is 0 Å². The second-order valence-electron chi connectivity index (χ2n) is 2.60. The van der Waals surface area contributed by atoms with Crippen LogP contribution in [0.15, 0.2) is 12.1 Å². The maximum absolute atomic E-state index is 4.26. The first-order valence-electron chi connectivity index (χ1n) is 3.77. The number of pyridine rings is 1. The topological polar surface area (TPSA) is 12.9 Å². The van der Waals surface area contributed by atoms with Crippen molar-refractivity contribution in [2.45, 2.75) is 13.8 Å². The van der Waals surface area contributed by atoms with E-state index >= 15 is 0 Å². The maximum Gasteiger partial charge on any atom is 0.0521 e. The predicted octanol–water partition coefficient (Wildman–Crippen LogP) is 1.98. The normalized spacial score (nSPS) is 8.92. The lowest BCUT2D eigenvalue weighted by Crippen LogP contribution is -1.87. The molecule has 0 unspecified atom stereocenters. The summed E-state index contributed by atoms with van der Waals surface area (Å²) in [5, 5.41) is 0. The number of aromatic nitrogens is 1. The molecular weight excluding hydrogens is 166 g/mol. The Morgan fingerprint density at radius 2 is 1.92 bits per heavy atom.